The second-order valence-electron chi connectivity index (χ2n) is 10.00. The number of rotatable bonds is 7. The molecule has 3 N–H and O–H groups in total. The number of benzene rings is 2. The predicted molar refractivity (Wildman–Crippen MR) is 147 cm³/mol. The van der Waals surface area contributed by atoms with Crippen LogP contribution in [0.3, 0.4) is 0 Å². The Bertz CT molecular complexity index is 1540. The Morgan fingerprint density at radius 1 is 1.29 bits per heavy atom. The Morgan fingerprint density at radius 3 is 2.67 bits per heavy atom. The summed E-state index contributed by atoms with van der Waals surface area (Å²) in [5.74, 6) is -2.97. The van der Waals surface area contributed by atoms with Crippen LogP contribution in [0.25, 0.3) is 11.3 Å². The highest BCUT2D eigenvalue weighted by Crippen LogP contribution is 2.38. The number of ether oxygens (including phenoxy) is 2. The molecule has 0 bridgehead atoms. The van der Waals surface area contributed by atoms with Crippen molar-refractivity contribution in [2.45, 2.75) is 55.4 Å². The first-order valence-corrected chi connectivity index (χ1v) is 14.0. The van der Waals surface area contributed by atoms with E-state index in [-0.39, 0.29) is 32.0 Å². The highest BCUT2D eigenvalue weighted by atomic mass is 79.9. The smallest absolute Gasteiger partial charge is 0.259 e. The minimum absolute atomic E-state index is 0.0574. The number of hydrogen-bond acceptors (Lipinski definition) is 9. The SMILES string of the molecule is CO[C@@H]1[C@@H](n2cc(-c3ccc(Br)c(F)c3F)nn2)[C@@H](O)[C@@H](CO)O[C@H]1C(=O)N(c1cc(Cl)cc(C#N)c1)[C@H]1CC[C@@H]1O. The molecule has 222 valence electrons. The van der Waals surface area contributed by atoms with Crippen LogP contribution in [0.4, 0.5) is 14.5 Å². The lowest BCUT2D eigenvalue weighted by Gasteiger charge is -2.47. The Balaban J connectivity index is 1.54. The van der Waals surface area contributed by atoms with Gasteiger partial charge in [-0.2, -0.15) is 5.26 Å². The zero-order valence-electron chi connectivity index (χ0n) is 21.9. The molecule has 15 heteroatoms. The maximum Gasteiger partial charge on any atom is 0.259 e. The van der Waals surface area contributed by atoms with E-state index in [1.54, 1.807) is 0 Å². The zero-order chi connectivity index (χ0) is 30.3. The zero-order valence-corrected chi connectivity index (χ0v) is 24.3. The predicted octanol–water partition coefficient (Wildman–Crippen LogP) is 2.74. The number of nitrogens with zero attached hydrogens (tertiary/aromatic N) is 5. The Kier molecular flexibility index (Phi) is 8.91. The van der Waals surface area contributed by atoms with Gasteiger partial charge in [-0.25, -0.2) is 13.5 Å². The van der Waals surface area contributed by atoms with Gasteiger partial charge in [0, 0.05) is 23.4 Å². The molecular formula is C27H25BrClF2N5O6. The van der Waals surface area contributed by atoms with Crippen LogP contribution in [0.1, 0.15) is 24.4 Å². The summed E-state index contributed by atoms with van der Waals surface area (Å²) in [7, 11) is 1.28. The van der Waals surface area contributed by atoms with Crippen LogP contribution < -0.4 is 4.90 Å². The van der Waals surface area contributed by atoms with Gasteiger partial charge in [0.1, 0.15) is 30.0 Å². The average molecular weight is 669 g/mol. The monoisotopic (exact) mass is 667 g/mol. The third-order valence-corrected chi connectivity index (χ3v) is 8.40. The Morgan fingerprint density at radius 2 is 2.05 bits per heavy atom. The molecule has 1 saturated carbocycles. The van der Waals surface area contributed by atoms with Crippen LogP contribution in [0.2, 0.25) is 5.02 Å². The third kappa shape index (κ3) is 5.42. The van der Waals surface area contributed by atoms with Crippen molar-refractivity contribution in [1.82, 2.24) is 15.0 Å². The number of anilines is 1. The number of aromatic nitrogens is 3. The van der Waals surface area contributed by atoms with Crippen molar-refractivity contribution in [1.29, 1.82) is 5.26 Å². The molecule has 1 amide bonds. The van der Waals surface area contributed by atoms with Gasteiger partial charge < -0.3 is 29.7 Å². The van der Waals surface area contributed by atoms with Crippen molar-refractivity contribution in [3.8, 4) is 17.3 Å². The van der Waals surface area contributed by atoms with Crippen molar-refractivity contribution in [3.05, 3.63) is 63.2 Å². The van der Waals surface area contributed by atoms with Crippen LogP contribution in [0.15, 0.2) is 41.0 Å². The summed E-state index contributed by atoms with van der Waals surface area (Å²) in [5, 5.41) is 49.3. The maximum absolute atomic E-state index is 14.7. The minimum Gasteiger partial charge on any atom is -0.394 e. The number of carbonyl (C=O) groups is 1. The number of aliphatic hydroxyl groups excluding tert-OH is 3. The van der Waals surface area contributed by atoms with Gasteiger partial charge in [-0.3, -0.25) is 4.79 Å². The summed E-state index contributed by atoms with van der Waals surface area (Å²) in [4.78, 5) is 15.5. The number of nitriles is 1. The van der Waals surface area contributed by atoms with Gasteiger partial charge in [0.2, 0.25) is 0 Å². The Hall–Kier alpha value is -3.03. The molecule has 42 heavy (non-hydrogen) atoms. The molecule has 2 aromatic carbocycles. The number of carbonyl (C=O) groups excluding carboxylic acids is 1. The van der Waals surface area contributed by atoms with Gasteiger partial charge in [-0.15, -0.1) is 5.10 Å². The number of aliphatic hydroxyl groups is 3. The largest absolute Gasteiger partial charge is 0.394 e. The number of halogens is 4. The summed E-state index contributed by atoms with van der Waals surface area (Å²) < 4.78 is 41.5. The molecule has 1 aromatic heterocycles. The van der Waals surface area contributed by atoms with E-state index in [4.69, 9.17) is 21.1 Å². The lowest BCUT2D eigenvalue weighted by atomic mass is 9.85. The van der Waals surface area contributed by atoms with Gasteiger partial charge in [-0.05, 0) is 59.1 Å². The van der Waals surface area contributed by atoms with Crippen LogP contribution in [0.5, 0.6) is 0 Å². The van der Waals surface area contributed by atoms with E-state index >= 15 is 0 Å². The number of hydrogen-bond donors (Lipinski definition) is 3. The fourth-order valence-electron chi connectivity index (χ4n) is 5.29. The van der Waals surface area contributed by atoms with Crippen molar-refractivity contribution in [2.24, 2.45) is 0 Å². The van der Waals surface area contributed by atoms with E-state index in [1.807, 2.05) is 6.07 Å². The number of methoxy groups -OCH3 is 1. The van der Waals surface area contributed by atoms with E-state index in [2.05, 4.69) is 26.2 Å². The molecule has 0 unspecified atom stereocenters. The average Bonchev–Trinajstić information content (AvgIpc) is 3.46. The van der Waals surface area contributed by atoms with Crippen LogP contribution in [-0.2, 0) is 14.3 Å². The lowest BCUT2D eigenvalue weighted by Crippen LogP contribution is -2.64. The molecule has 3 aromatic rings. The van der Waals surface area contributed by atoms with E-state index in [9.17, 15) is 34.2 Å². The van der Waals surface area contributed by atoms with Crippen molar-refractivity contribution in [3.63, 3.8) is 0 Å². The van der Waals surface area contributed by atoms with Gasteiger partial charge in [-0.1, -0.05) is 16.8 Å². The molecular weight excluding hydrogens is 644 g/mol. The minimum atomic E-state index is -1.47. The first-order valence-electron chi connectivity index (χ1n) is 12.8. The molecule has 2 aliphatic rings. The first kappa shape index (κ1) is 30.4. The lowest BCUT2D eigenvalue weighted by molar-refractivity contribution is -0.211. The van der Waals surface area contributed by atoms with E-state index in [1.165, 1.54) is 48.5 Å². The van der Waals surface area contributed by atoms with E-state index in [0.717, 1.165) is 4.68 Å². The topological polar surface area (TPSA) is 154 Å². The summed E-state index contributed by atoms with van der Waals surface area (Å²) in [6.45, 7) is -0.687. The molecule has 1 aliphatic heterocycles. The second kappa shape index (κ2) is 12.3. The summed E-state index contributed by atoms with van der Waals surface area (Å²) in [5.41, 5.74) is 0.178. The van der Waals surface area contributed by atoms with Crippen molar-refractivity contribution >= 4 is 39.1 Å². The maximum atomic E-state index is 14.7. The van der Waals surface area contributed by atoms with E-state index in [0.29, 0.717) is 12.8 Å². The van der Waals surface area contributed by atoms with Gasteiger partial charge in [0.15, 0.2) is 17.7 Å². The standard InChI is InChI=1S/C27H25BrClF2N5O6/c1-41-25-23(35-10-17(33-34-35)15-2-3-16(28)22(31)21(15)30)24(39)20(11-37)42-26(25)27(40)36(18-4-5-19(18)38)14-7-12(9-32)6-13(29)8-14/h2-3,6-8,10,18-20,23-26,37-39H,4-5,11H2,1H3/t18-,19-,20+,23-,24-,25+,26+/m0/s1. The molecule has 0 spiro atoms. The molecule has 5 rings (SSSR count). The fraction of sp³-hybridized carbons (Fsp3) is 0.407. The van der Waals surface area contributed by atoms with E-state index < -0.39 is 66.8 Å². The first-order chi connectivity index (χ1) is 20.1. The summed E-state index contributed by atoms with van der Waals surface area (Å²) >= 11 is 9.15. The third-order valence-electron chi connectivity index (χ3n) is 7.57. The molecule has 2 fully saturated rings. The van der Waals surface area contributed by atoms with Gasteiger partial charge >= 0.3 is 0 Å². The highest BCUT2D eigenvalue weighted by molar-refractivity contribution is 9.10. The summed E-state index contributed by atoms with van der Waals surface area (Å²) in [6.07, 6.45) is -4.15. The molecule has 1 aliphatic carbocycles. The molecule has 2 heterocycles. The van der Waals surface area contributed by atoms with Crippen molar-refractivity contribution < 1.29 is 38.4 Å². The Labute approximate surface area is 251 Å². The summed E-state index contributed by atoms with van der Waals surface area (Å²) in [6, 6.07) is 7.09. The second-order valence-corrected chi connectivity index (χ2v) is 11.3. The van der Waals surface area contributed by atoms with Gasteiger partial charge in [0.25, 0.3) is 5.91 Å². The molecule has 0 radical (unpaired) electrons. The quantitative estimate of drug-likeness (QED) is 0.323. The molecule has 1 saturated heterocycles. The van der Waals surface area contributed by atoms with Gasteiger partial charge in [0.05, 0.1) is 41.1 Å². The highest BCUT2D eigenvalue weighted by Gasteiger charge is 2.52. The molecule has 11 nitrogen and oxygen atoms in total. The number of amides is 1. The van der Waals surface area contributed by atoms with Crippen LogP contribution >= 0.6 is 27.5 Å². The van der Waals surface area contributed by atoms with Crippen molar-refractivity contribution in [2.75, 3.05) is 18.6 Å². The van der Waals surface area contributed by atoms with Crippen LogP contribution in [-0.4, -0.2) is 86.5 Å². The normalized spacial score (nSPS) is 27.3. The fourth-order valence-corrected chi connectivity index (χ4v) is 5.83. The van der Waals surface area contributed by atoms with Crippen LogP contribution in [0, 0.1) is 23.0 Å². The molecule has 7 atom stereocenters.